The predicted molar refractivity (Wildman–Crippen MR) is 125 cm³/mol. The van der Waals surface area contributed by atoms with Gasteiger partial charge in [0.1, 0.15) is 18.7 Å². The summed E-state index contributed by atoms with van der Waals surface area (Å²) in [5.41, 5.74) is 4.02. The maximum absolute atomic E-state index is 12.7. The summed E-state index contributed by atoms with van der Waals surface area (Å²) in [7, 11) is 0. The highest BCUT2D eigenvalue weighted by Crippen LogP contribution is 2.44. The molecule has 1 aliphatic rings. The Balaban J connectivity index is 1.66. The monoisotopic (exact) mass is 498 g/mol. The number of carbonyl (C=O) groups is 5. The molecule has 0 heterocycles. The van der Waals surface area contributed by atoms with Gasteiger partial charge in [0, 0.05) is 18.8 Å². The number of amides is 2. The molecule has 0 radical (unpaired) electrons. The minimum absolute atomic E-state index is 0.0382. The Kier molecular flexibility index (Phi) is 8.61. The minimum atomic E-state index is -1.52. The Morgan fingerprint density at radius 2 is 1.25 bits per heavy atom. The smallest absolute Gasteiger partial charge is 0.407 e. The van der Waals surface area contributed by atoms with Gasteiger partial charge in [-0.3, -0.25) is 14.4 Å². The summed E-state index contributed by atoms with van der Waals surface area (Å²) >= 11 is 0. The van der Waals surface area contributed by atoms with Gasteiger partial charge in [0.05, 0.1) is 0 Å². The van der Waals surface area contributed by atoms with E-state index in [9.17, 15) is 29.1 Å². The Labute approximate surface area is 206 Å². The molecule has 0 aromatic heterocycles. The molecule has 2 aromatic rings. The van der Waals surface area contributed by atoms with E-state index in [0.29, 0.717) is 0 Å². The first-order valence-corrected chi connectivity index (χ1v) is 11.3. The van der Waals surface area contributed by atoms with E-state index in [-0.39, 0.29) is 25.4 Å². The van der Waals surface area contributed by atoms with E-state index >= 15 is 0 Å². The van der Waals surface area contributed by atoms with Gasteiger partial charge in [-0.1, -0.05) is 48.5 Å². The van der Waals surface area contributed by atoms with Crippen molar-refractivity contribution in [2.75, 3.05) is 6.61 Å². The summed E-state index contributed by atoms with van der Waals surface area (Å²) in [5, 5.41) is 31.5. The van der Waals surface area contributed by atoms with Crippen LogP contribution in [0.4, 0.5) is 4.79 Å². The third kappa shape index (κ3) is 6.59. The summed E-state index contributed by atoms with van der Waals surface area (Å²) in [4.78, 5) is 58.4. The van der Waals surface area contributed by atoms with Crippen molar-refractivity contribution in [2.24, 2.45) is 0 Å². The van der Waals surface area contributed by atoms with Gasteiger partial charge < -0.3 is 30.7 Å². The zero-order valence-electron chi connectivity index (χ0n) is 19.2. The van der Waals surface area contributed by atoms with Crippen LogP contribution in [-0.2, 0) is 23.9 Å². The Hall–Kier alpha value is -4.41. The lowest BCUT2D eigenvalue weighted by molar-refractivity contribution is -0.144. The van der Waals surface area contributed by atoms with E-state index < -0.39 is 54.8 Å². The number of rotatable bonds is 12. The minimum Gasteiger partial charge on any atom is -0.481 e. The van der Waals surface area contributed by atoms with E-state index in [1.54, 1.807) is 0 Å². The number of carbonyl (C=O) groups excluding carboxylic acids is 2. The van der Waals surface area contributed by atoms with Crippen molar-refractivity contribution in [3.05, 3.63) is 59.7 Å². The lowest BCUT2D eigenvalue weighted by atomic mass is 9.98. The number of fused-ring (bicyclic) bond motifs is 3. The van der Waals surface area contributed by atoms with Gasteiger partial charge in [-0.05, 0) is 35.1 Å². The molecule has 0 saturated heterocycles. The lowest BCUT2D eigenvalue weighted by Gasteiger charge is -2.21. The van der Waals surface area contributed by atoms with Gasteiger partial charge >= 0.3 is 24.0 Å². The highest BCUT2D eigenvalue weighted by atomic mass is 16.5. The fraction of sp³-hybridized carbons (Fsp3) is 0.320. The average molecular weight is 498 g/mol. The zero-order valence-corrected chi connectivity index (χ0v) is 19.2. The molecule has 3 rings (SSSR count). The van der Waals surface area contributed by atoms with Crippen LogP contribution in [0.15, 0.2) is 48.5 Å². The van der Waals surface area contributed by atoms with Gasteiger partial charge in [0.15, 0.2) is 0 Å². The average Bonchev–Trinajstić information content (AvgIpc) is 3.16. The van der Waals surface area contributed by atoms with Gasteiger partial charge in [-0.25, -0.2) is 9.59 Å². The first-order valence-electron chi connectivity index (χ1n) is 11.3. The van der Waals surface area contributed by atoms with Crippen molar-refractivity contribution in [1.82, 2.24) is 10.6 Å². The maximum atomic E-state index is 12.7. The molecule has 190 valence electrons. The number of benzene rings is 2. The Morgan fingerprint density at radius 3 is 1.75 bits per heavy atom. The van der Waals surface area contributed by atoms with E-state index in [1.807, 2.05) is 48.5 Å². The molecule has 2 aromatic carbocycles. The molecule has 0 fully saturated rings. The number of hydrogen-bond donors (Lipinski definition) is 5. The van der Waals surface area contributed by atoms with Crippen molar-refractivity contribution in [3.8, 4) is 11.1 Å². The summed E-state index contributed by atoms with van der Waals surface area (Å²) in [6, 6.07) is 12.5. The standard InChI is InChI=1S/C25H26N2O9/c28-21(29)11-9-19(23(32)26-20(24(33)34)10-12-22(30)31)27-25(35)36-13-18-16-7-3-1-5-14(16)15-6-2-4-8-17(15)18/h1-8,18-20H,9-13H2,(H,26,32)(H,27,35)(H,28,29)(H,30,31)(H,33,34). The molecule has 0 saturated carbocycles. The number of alkyl carbamates (subject to hydrolysis) is 1. The molecule has 0 aliphatic heterocycles. The van der Waals surface area contributed by atoms with Crippen LogP contribution >= 0.6 is 0 Å². The molecular weight excluding hydrogens is 472 g/mol. The summed E-state index contributed by atoms with van der Waals surface area (Å²) in [6.07, 6.45) is -2.66. The normalized spacial score (nSPS) is 13.6. The summed E-state index contributed by atoms with van der Waals surface area (Å²) in [6.45, 7) is -0.0382. The summed E-state index contributed by atoms with van der Waals surface area (Å²) in [5.74, 6) is -5.11. The molecule has 11 heteroatoms. The van der Waals surface area contributed by atoms with Crippen LogP contribution in [-0.4, -0.2) is 63.9 Å². The highest BCUT2D eigenvalue weighted by molar-refractivity contribution is 5.89. The fourth-order valence-corrected chi connectivity index (χ4v) is 4.12. The molecular formula is C25H26N2O9. The van der Waals surface area contributed by atoms with Crippen LogP contribution in [0.25, 0.3) is 11.1 Å². The Morgan fingerprint density at radius 1 is 0.750 bits per heavy atom. The second-order valence-electron chi connectivity index (χ2n) is 8.29. The fourth-order valence-electron chi connectivity index (χ4n) is 4.12. The maximum Gasteiger partial charge on any atom is 0.407 e. The number of nitrogens with one attached hydrogen (secondary N) is 2. The van der Waals surface area contributed by atoms with Crippen molar-refractivity contribution >= 4 is 29.9 Å². The third-order valence-electron chi connectivity index (χ3n) is 5.86. The van der Waals surface area contributed by atoms with Crippen LogP contribution in [0.3, 0.4) is 0 Å². The second kappa shape index (κ2) is 11.8. The van der Waals surface area contributed by atoms with Crippen molar-refractivity contribution in [3.63, 3.8) is 0 Å². The molecule has 0 bridgehead atoms. The number of ether oxygens (including phenoxy) is 1. The van der Waals surface area contributed by atoms with Crippen LogP contribution in [0.1, 0.15) is 42.7 Å². The SMILES string of the molecule is O=C(O)CCC(NC(=O)C(CCC(=O)O)NC(=O)OCC1c2ccccc2-c2ccccc21)C(=O)O. The topological polar surface area (TPSA) is 179 Å². The summed E-state index contributed by atoms with van der Waals surface area (Å²) < 4.78 is 5.39. The zero-order chi connectivity index (χ0) is 26.2. The van der Waals surface area contributed by atoms with Crippen LogP contribution < -0.4 is 10.6 Å². The van der Waals surface area contributed by atoms with Crippen LogP contribution in [0.5, 0.6) is 0 Å². The Bertz CT molecular complexity index is 1120. The number of carboxylic acids is 3. The molecule has 0 spiro atoms. The number of hydrogen-bond acceptors (Lipinski definition) is 6. The van der Waals surface area contributed by atoms with Crippen molar-refractivity contribution in [1.29, 1.82) is 0 Å². The molecule has 5 N–H and O–H groups in total. The van der Waals surface area contributed by atoms with Gasteiger partial charge in [0.25, 0.3) is 0 Å². The van der Waals surface area contributed by atoms with E-state index in [4.69, 9.17) is 14.9 Å². The molecule has 11 nitrogen and oxygen atoms in total. The molecule has 2 amide bonds. The van der Waals surface area contributed by atoms with E-state index in [2.05, 4.69) is 10.6 Å². The van der Waals surface area contributed by atoms with Gasteiger partial charge in [0.2, 0.25) is 5.91 Å². The lowest BCUT2D eigenvalue weighted by Crippen LogP contribution is -2.52. The first kappa shape index (κ1) is 26.2. The van der Waals surface area contributed by atoms with Crippen molar-refractivity contribution < 1.29 is 44.0 Å². The molecule has 2 atom stereocenters. The molecule has 2 unspecified atom stereocenters. The second-order valence-corrected chi connectivity index (χ2v) is 8.29. The van der Waals surface area contributed by atoms with Gasteiger partial charge in [-0.15, -0.1) is 0 Å². The largest absolute Gasteiger partial charge is 0.481 e. The quantitative estimate of drug-likeness (QED) is 0.293. The number of aliphatic carboxylic acids is 3. The van der Waals surface area contributed by atoms with Gasteiger partial charge in [-0.2, -0.15) is 0 Å². The predicted octanol–water partition coefficient (Wildman–Crippen LogP) is 2.19. The van der Waals surface area contributed by atoms with E-state index in [1.165, 1.54) is 0 Å². The third-order valence-corrected chi connectivity index (χ3v) is 5.86. The van der Waals surface area contributed by atoms with Crippen LogP contribution in [0, 0.1) is 0 Å². The highest BCUT2D eigenvalue weighted by Gasteiger charge is 2.31. The first-order chi connectivity index (χ1) is 17.2. The number of carboxylic acid groups (broad SMARTS) is 3. The molecule has 1 aliphatic carbocycles. The van der Waals surface area contributed by atoms with Crippen LogP contribution in [0.2, 0.25) is 0 Å². The van der Waals surface area contributed by atoms with Crippen molar-refractivity contribution in [2.45, 2.75) is 43.7 Å². The van der Waals surface area contributed by atoms with E-state index in [0.717, 1.165) is 22.3 Å². The molecule has 36 heavy (non-hydrogen) atoms.